The SMILES string of the molecule is CC/C=C\C[C@H](O)/C=C/C=C/C=C\C=C/[C@@H](O)[C@H](O)CCCC(=O)O[C@H](COC(C)=O)COP(=O)(O)O. The Kier molecular flexibility index (Phi) is 19.3. The van der Waals surface area contributed by atoms with Crippen molar-refractivity contribution in [1.82, 2.24) is 0 Å². The summed E-state index contributed by atoms with van der Waals surface area (Å²) in [6.07, 6.45) is 14.6. The smallest absolute Gasteiger partial charge is 0.462 e. The molecule has 0 aromatic rings. The Morgan fingerprint density at radius 1 is 0.919 bits per heavy atom. The molecular weight excluding hydrogens is 507 g/mol. The normalized spacial score (nSPS) is 16.2. The molecule has 5 N–H and O–H groups in total. The summed E-state index contributed by atoms with van der Waals surface area (Å²) in [7, 11) is -4.81. The third-order valence-electron chi connectivity index (χ3n) is 4.45. The van der Waals surface area contributed by atoms with Crippen LogP contribution in [0.1, 0.15) is 46.0 Å². The minimum absolute atomic E-state index is 0.0817. The average molecular weight is 547 g/mol. The number of ether oxygens (including phenoxy) is 2. The van der Waals surface area contributed by atoms with Crippen molar-refractivity contribution in [3.05, 3.63) is 60.8 Å². The minimum Gasteiger partial charge on any atom is -0.462 e. The highest BCUT2D eigenvalue weighted by molar-refractivity contribution is 7.46. The molecule has 0 aromatic carbocycles. The monoisotopic (exact) mass is 546 g/mol. The van der Waals surface area contributed by atoms with E-state index in [0.29, 0.717) is 6.42 Å². The van der Waals surface area contributed by atoms with Gasteiger partial charge >= 0.3 is 19.8 Å². The molecule has 0 aromatic heterocycles. The fourth-order valence-corrected chi connectivity index (χ4v) is 2.97. The van der Waals surface area contributed by atoms with Gasteiger partial charge in [0.25, 0.3) is 0 Å². The molecule has 12 heteroatoms. The summed E-state index contributed by atoms with van der Waals surface area (Å²) in [5, 5.41) is 29.8. The fraction of sp³-hybridized carbons (Fsp3) is 0.520. The molecule has 0 heterocycles. The first-order valence-electron chi connectivity index (χ1n) is 11.8. The maximum absolute atomic E-state index is 12.0. The molecule has 37 heavy (non-hydrogen) atoms. The lowest BCUT2D eigenvalue weighted by molar-refractivity contribution is -0.160. The lowest BCUT2D eigenvalue weighted by atomic mass is 10.1. The molecule has 0 fully saturated rings. The molecule has 0 spiro atoms. The van der Waals surface area contributed by atoms with E-state index in [1.807, 2.05) is 19.1 Å². The van der Waals surface area contributed by atoms with Crippen LogP contribution in [0, 0.1) is 0 Å². The zero-order chi connectivity index (χ0) is 28.1. The van der Waals surface area contributed by atoms with Gasteiger partial charge in [-0.1, -0.05) is 67.7 Å². The lowest BCUT2D eigenvalue weighted by Gasteiger charge is -2.18. The van der Waals surface area contributed by atoms with Gasteiger partial charge in [0.05, 0.1) is 24.9 Å². The third-order valence-corrected chi connectivity index (χ3v) is 4.94. The molecule has 0 radical (unpaired) electrons. The van der Waals surface area contributed by atoms with Gasteiger partial charge in [-0.2, -0.15) is 0 Å². The largest absolute Gasteiger partial charge is 0.469 e. The molecule has 0 aliphatic heterocycles. The number of allylic oxidation sites excluding steroid dienone is 7. The van der Waals surface area contributed by atoms with Gasteiger partial charge in [0.1, 0.15) is 6.61 Å². The molecule has 0 saturated carbocycles. The topological polar surface area (TPSA) is 180 Å². The van der Waals surface area contributed by atoms with Crippen molar-refractivity contribution in [3.63, 3.8) is 0 Å². The van der Waals surface area contributed by atoms with Gasteiger partial charge in [-0.15, -0.1) is 0 Å². The van der Waals surface area contributed by atoms with Gasteiger partial charge in [0, 0.05) is 13.3 Å². The highest BCUT2D eigenvalue weighted by Gasteiger charge is 2.22. The zero-order valence-electron chi connectivity index (χ0n) is 21.2. The highest BCUT2D eigenvalue weighted by atomic mass is 31.2. The summed E-state index contributed by atoms with van der Waals surface area (Å²) in [5.41, 5.74) is 0. The number of aliphatic hydroxyl groups is 3. The van der Waals surface area contributed by atoms with Crippen molar-refractivity contribution >= 4 is 19.8 Å². The van der Waals surface area contributed by atoms with Crippen molar-refractivity contribution in [2.45, 2.75) is 70.4 Å². The van der Waals surface area contributed by atoms with Crippen LogP contribution in [0.25, 0.3) is 0 Å². The summed E-state index contributed by atoms with van der Waals surface area (Å²) in [4.78, 5) is 40.4. The number of hydrogen-bond acceptors (Lipinski definition) is 9. The van der Waals surface area contributed by atoms with E-state index in [4.69, 9.17) is 14.5 Å². The van der Waals surface area contributed by atoms with Crippen LogP contribution in [0.4, 0.5) is 0 Å². The molecule has 0 bridgehead atoms. The summed E-state index contributed by atoms with van der Waals surface area (Å²) < 4.78 is 24.8. The summed E-state index contributed by atoms with van der Waals surface area (Å²) in [6.45, 7) is 2.03. The Morgan fingerprint density at radius 2 is 1.54 bits per heavy atom. The second-order valence-corrected chi connectivity index (χ2v) is 9.11. The number of carbonyl (C=O) groups is 2. The maximum atomic E-state index is 12.0. The lowest BCUT2D eigenvalue weighted by Crippen LogP contribution is -2.29. The van der Waals surface area contributed by atoms with Crippen LogP contribution in [0.15, 0.2) is 60.8 Å². The molecule has 11 nitrogen and oxygen atoms in total. The van der Waals surface area contributed by atoms with Crippen molar-refractivity contribution in [3.8, 4) is 0 Å². The number of phosphoric acid groups is 1. The molecule has 0 rings (SSSR count). The van der Waals surface area contributed by atoms with Crippen LogP contribution < -0.4 is 0 Å². The Hall–Kier alpha value is -2.37. The minimum atomic E-state index is -4.81. The highest BCUT2D eigenvalue weighted by Crippen LogP contribution is 2.35. The number of rotatable bonds is 19. The van der Waals surface area contributed by atoms with E-state index < -0.39 is 57.4 Å². The van der Waals surface area contributed by atoms with Crippen LogP contribution in [-0.2, 0) is 28.2 Å². The Morgan fingerprint density at radius 3 is 2.14 bits per heavy atom. The van der Waals surface area contributed by atoms with E-state index in [-0.39, 0.29) is 19.3 Å². The number of phosphoric ester groups is 1. The van der Waals surface area contributed by atoms with E-state index in [9.17, 15) is 29.5 Å². The third kappa shape index (κ3) is 22.5. The Labute approximate surface area is 217 Å². The first-order valence-corrected chi connectivity index (χ1v) is 13.4. The standard InChI is InChI=1S/C25H39O11P/c1-3-4-9-13-21(27)14-10-7-5-6-8-11-15-23(28)24(29)16-12-17-25(30)36-22(18-34-20(2)26)19-35-37(31,32)33/h4-11,14-15,21-24,27-29H,3,12-13,16-19H2,1-2H3,(H2,31,32,33)/b7-5+,8-6-,9-4-,14-10+,15-11-/t21-,22+,23+,24+/m0/s1. The van der Waals surface area contributed by atoms with Crippen LogP contribution in [0.3, 0.4) is 0 Å². The Bertz CT molecular complexity index is 842. The van der Waals surface area contributed by atoms with Gasteiger partial charge < -0.3 is 34.6 Å². The van der Waals surface area contributed by atoms with E-state index in [1.54, 1.807) is 42.5 Å². The van der Waals surface area contributed by atoms with Crippen LogP contribution in [-0.4, -0.2) is 74.7 Å². The second-order valence-electron chi connectivity index (χ2n) is 7.87. The molecule has 4 atom stereocenters. The number of hydrogen-bond donors (Lipinski definition) is 5. The molecule has 0 amide bonds. The van der Waals surface area contributed by atoms with Crippen LogP contribution in [0.5, 0.6) is 0 Å². The maximum Gasteiger partial charge on any atom is 0.469 e. The number of carbonyl (C=O) groups excluding carboxylic acids is 2. The zero-order valence-corrected chi connectivity index (χ0v) is 22.1. The van der Waals surface area contributed by atoms with E-state index in [0.717, 1.165) is 13.3 Å². The first-order chi connectivity index (χ1) is 17.4. The first kappa shape index (κ1) is 34.6. The van der Waals surface area contributed by atoms with Gasteiger partial charge in [-0.05, 0) is 25.7 Å². The molecule has 0 aliphatic rings. The van der Waals surface area contributed by atoms with Crippen molar-refractivity contribution in [2.24, 2.45) is 0 Å². The van der Waals surface area contributed by atoms with E-state index in [1.165, 1.54) is 6.08 Å². The number of aliphatic hydroxyl groups excluding tert-OH is 3. The van der Waals surface area contributed by atoms with Gasteiger partial charge in [0.2, 0.25) is 0 Å². The summed E-state index contributed by atoms with van der Waals surface area (Å²) in [5.74, 6) is -1.42. The van der Waals surface area contributed by atoms with Crippen molar-refractivity contribution in [1.29, 1.82) is 0 Å². The molecule has 210 valence electrons. The summed E-state index contributed by atoms with van der Waals surface area (Å²) in [6, 6.07) is 0. The average Bonchev–Trinajstić information content (AvgIpc) is 2.81. The van der Waals surface area contributed by atoms with E-state index >= 15 is 0 Å². The quantitative estimate of drug-likeness (QED) is 0.0695. The van der Waals surface area contributed by atoms with Gasteiger partial charge in [-0.3, -0.25) is 14.1 Å². The molecule has 0 saturated heterocycles. The van der Waals surface area contributed by atoms with Crippen molar-refractivity contribution in [2.75, 3.05) is 13.2 Å². The van der Waals surface area contributed by atoms with Crippen LogP contribution in [0.2, 0.25) is 0 Å². The van der Waals surface area contributed by atoms with Gasteiger partial charge in [-0.25, -0.2) is 4.57 Å². The molecule has 0 unspecified atom stereocenters. The fourth-order valence-electron chi connectivity index (χ4n) is 2.61. The molecule has 0 aliphatic carbocycles. The summed E-state index contributed by atoms with van der Waals surface area (Å²) >= 11 is 0. The predicted octanol–water partition coefficient (Wildman–Crippen LogP) is 2.40. The Balaban J connectivity index is 4.37. The predicted molar refractivity (Wildman–Crippen MR) is 137 cm³/mol. The van der Waals surface area contributed by atoms with Crippen LogP contribution >= 0.6 is 7.82 Å². The number of esters is 2. The van der Waals surface area contributed by atoms with E-state index in [2.05, 4.69) is 9.26 Å². The van der Waals surface area contributed by atoms with Gasteiger partial charge in [0.15, 0.2) is 6.10 Å². The second kappa shape index (κ2) is 20.7. The molecular formula is C25H39O11P. The van der Waals surface area contributed by atoms with Crippen molar-refractivity contribution < 1.29 is 53.3 Å².